The van der Waals surface area contributed by atoms with Gasteiger partial charge < -0.3 is 14.6 Å². The van der Waals surface area contributed by atoms with Crippen molar-refractivity contribution >= 4 is 12.0 Å². The third-order valence-corrected chi connectivity index (χ3v) is 6.36. The highest BCUT2D eigenvalue weighted by Crippen LogP contribution is 2.16. The molecule has 1 N–H and O–H groups in total. The molecule has 186 valence electrons. The highest BCUT2D eigenvalue weighted by molar-refractivity contribution is 5.88. The molecule has 0 aliphatic carbocycles. The van der Waals surface area contributed by atoms with Crippen molar-refractivity contribution in [2.45, 2.75) is 96.8 Å². The average Bonchev–Trinajstić information content (AvgIpc) is 3.28. The lowest BCUT2D eigenvalue weighted by Gasteiger charge is -2.06. The van der Waals surface area contributed by atoms with Crippen molar-refractivity contribution < 1.29 is 19.2 Å². The number of β-amino-alcohol motifs (C(OH)–C–C–N with tert-alkyl or cyclic N) is 1. The SMILES string of the molecule is CCCCCCCCCCCCCCCCOc1ccc(/C=C/C2=[N+](CCO)CCO2)cc1. The Morgan fingerprint density at radius 2 is 1.39 bits per heavy atom. The number of ether oxygens (including phenoxy) is 2. The van der Waals surface area contributed by atoms with Crippen LogP contribution in [0.2, 0.25) is 0 Å². The van der Waals surface area contributed by atoms with Gasteiger partial charge in [-0.25, -0.2) is 0 Å². The fraction of sp³-hybridized carbons (Fsp3) is 0.690. The van der Waals surface area contributed by atoms with Crippen molar-refractivity contribution in [1.29, 1.82) is 0 Å². The van der Waals surface area contributed by atoms with Crippen LogP contribution in [0, 0.1) is 0 Å². The van der Waals surface area contributed by atoms with Gasteiger partial charge in [0.15, 0.2) is 19.7 Å². The number of benzene rings is 1. The number of unbranched alkanes of at least 4 members (excludes halogenated alkanes) is 13. The van der Waals surface area contributed by atoms with Crippen molar-refractivity contribution in [3.63, 3.8) is 0 Å². The lowest BCUT2D eigenvalue weighted by Crippen LogP contribution is -2.18. The first-order valence-electron chi connectivity index (χ1n) is 13.6. The molecule has 0 fully saturated rings. The number of nitrogens with zero attached hydrogens (tertiary/aromatic N) is 1. The molecule has 1 aliphatic heterocycles. The van der Waals surface area contributed by atoms with Crippen LogP contribution in [0.3, 0.4) is 0 Å². The number of hydrogen-bond acceptors (Lipinski definition) is 3. The van der Waals surface area contributed by atoms with E-state index in [1.807, 2.05) is 24.3 Å². The van der Waals surface area contributed by atoms with E-state index < -0.39 is 0 Å². The van der Waals surface area contributed by atoms with E-state index in [4.69, 9.17) is 14.6 Å². The van der Waals surface area contributed by atoms with Gasteiger partial charge in [0.25, 0.3) is 0 Å². The quantitative estimate of drug-likeness (QED) is 0.169. The maximum atomic E-state index is 9.12. The van der Waals surface area contributed by atoms with Crippen LogP contribution in [-0.4, -0.2) is 48.5 Å². The van der Waals surface area contributed by atoms with Gasteiger partial charge in [-0.1, -0.05) is 103 Å². The Balaban J connectivity index is 1.45. The molecule has 4 nitrogen and oxygen atoms in total. The molecule has 0 bridgehead atoms. The van der Waals surface area contributed by atoms with E-state index in [2.05, 4.69) is 23.6 Å². The van der Waals surface area contributed by atoms with E-state index in [9.17, 15) is 0 Å². The lowest BCUT2D eigenvalue weighted by molar-refractivity contribution is -0.519. The van der Waals surface area contributed by atoms with Gasteiger partial charge in [-0.05, 0) is 30.2 Å². The van der Waals surface area contributed by atoms with Gasteiger partial charge in [0, 0.05) is 0 Å². The molecule has 0 atom stereocenters. The van der Waals surface area contributed by atoms with Crippen LogP contribution in [-0.2, 0) is 4.74 Å². The Hall–Kier alpha value is -1.81. The minimum absolute atomic E-state index is 0.145. The Morgan fingerprint density at radius 3 is 1.97 bits per heavy atom. The first-order chi connectivity index (χ1) is 16.3. The summed E-state index contributed by atoms with van der Waals surface area (Å²) in [6, 6.07) is 8.22. The van der Waals surface area contributed by atoms with Crippen molar-refractivity contribution in [2.75, 3.05) is 32.9 Å². The minimum atomic E-state index is 0.145. The topological polar surface area (TPSA) is 41.7 Å². The number of rotatable bonds is 20. The molecule has 0 saturated carbocycles. The van der Waals surface area contributed by atoms with E-state index in [1.54, 1.807) is 0 Å². The van der Waals surface area contributed by atoms with Crippen LogP contribution in [0.25, 0.3) is 6.08 Å². The zero-order valence-corrected chi connectivity index (χ0v) is 21.1. The Bertz CT molecular complexity index is 666. The zero-order chi connectivity index (χ0) is 23.4. The van der Waals surface area contributed by atoms with E-state index in [0.29, 0.717) is 13.2 Å². The predicted octanol–water partition coefficient (Wildman–Crippen LogP) is 6.99. The second kappa shape index (κ2) is 18.6. The fourth-order valence-corrected chi connectivity index (χ4v) is 4.29. The molecule has 0 radical (unpaired) electrons. The number of aliphatic hydroxyl groups is 1. The van der Waals surface area contributed by atoms with Gasteiger partial charge >= 0.3 is 5.90 Å². The second-order valence-corrected chi connectivity index (χ2v) is 9.24. The summed E-state index contributed by atoms with van der Waals surface area (Å²) in [7, 11) is 0. The second-order valence-electron chi connectivity index (χ2n) is 9.24. The molecule has 0 spiro atoms. The standard InChI is InChI=1S/C29H48NO3/c1-2-3-4-5-6-7-8-9-10-11-12-13-14-15-25-32-28-19-16-27(17-20-28)18-21-29-30(22-24-31)23-26-33-29/h16-21,31H,2-15,22-26H2,1H3/q+1/b21-18+. The maximum absolute atomic E-state index is 9.12. The molecule has 2 rings (SSSR count). The molecule has 4 heteroatoms. The lowest BCUT2D eigenvalue weighted by atomic mass is 10.0. The van der Waals surface area contributed by atoms with Gasteiger partial charge in [0.1, 0.15) is 12.4 Å². The molecule has 1 heterocycles. The van der Waals surface area contributed by atoms with Crippen molar-refractivity contribution in [3.8, 4) is 5.75 Å². The van der Waals surface area contributed by atoms with Gasteiger partial charge in [-0.15, -0.1) is 0 Å². The van der Waals surface area contributed by atoms with E-state index >= 15 is 0 Å². The fourth-order valence-electron chi connectivity index (χ4n) is 4.29. The normalized spacial score (nSPS) is 13.8. The summed E-state index contributed by atoms with van der Waals surface area (Å²) in [6.45, 7) is 5.37. The van der Waals surface area contributed by atoms with E-state index in [1.165, 1.54) is 83.5 Å². The first kappa shape index (κ1) is 27.4. The van der Waals surface area contributed by atoms with Crippen LogP contribution >= 0.6 is 0 Å². The maximum Gasteiger partial charge on any atom is 0.362 e. The molecule has 0 aromatic heterocycles. The molecule has 1 aromatic carbocycles. The van der Waals surface area contributed by atoms with Crippen LogP contribution in [0.15, 0.2) is 30.3 Å². The van der Waals surface area contributed by atoms with E-state index in [-0.39, 0.29) is 6.61 Å². The van der Waals surface area contributed by atoms with E-state index in [0.717, 1.165) is 36.8 Å². The predicted molar refractivity (Wildman–Crippen MR) is 139 cm³/mol. The monoisotopic (exact) mass is 458 g/mol. The summed E-state index contributed by atoms with van der Waals surface area (Å²) in [5.74, 6) is 1.77. The highest BCUT2D eigenvalue weighted by Gasteiger charge is 2.20. The van der Waals surface area contributed by atoms with Gasteiger partial charge in [-0.2, -0.15) is 4.58 Å². The molecule has 1 aromatic rings. The molecular weight excluding hydrogens is 410 g/mol. The largest absolute Gasteiger partial charge is 0.494 e. The molecule has 1 aliphatic rings. The number of hydrogen-bond donors (Lipinski definition) is 1. The smallest absolute Gasteiger partial charge is 0.362 e. The highest BCUT2D eigenvalue weighted by atomic mass is 16.5. The van der Waals surface area contributed by atoms with Crippen LogP contribution in [0.4, 0.5) is 0 Å². The van der Waals surface area contributed by atoms with Crippen molar-refractivity contribution in [1.82, 2.24) is 0 Å². The third kappa shape index (κ3) is 12.9. The van der Waals surface area contributed by atoms with Gasteiger partial charge in [0.2, 0.25) is 0 Å². The zero-order valence-electron chi connectivity index (χ0n) is 21.1. The summed E-state index contributed by atoms with van der Waals surface area (Å²) in [5, 5.41) is 9.12. The minimum Gasteiger partial charge on any atom is -0.494 e. The summed E-state index contributed by atoms with van der Waals surface area (Å²) >= 11 is 0. The van der Waals surface area contributed by atoms with Crippen molar-refractivity contribution in [2.24, 2.45) is 0 Å². The average molecular weight is 459 g/mol. The number of aliphatic hydroxyl groups excluding tert-OH is 1. The molecule has 0 amide bonds. The summed E-state index contributed by atoms with van der Waals surface area (Å²) < 4.78 is 13.6. The van der Waals surface area contributed by atoms with Crippen LogP contribution in [0.1, 0.15) is 102 Å². The van der Waals surface area contributed by atoms with Gasteiger partial charge in [0.05, 0.1) is 12.7 Å². The molecule has 33 heavy (non-hydrogen) atoms. The Labute approximate surface area is 202 Å². The van der Waals surface area contributed by atoms with Crippen LogP contribution < -0.4 is 4.74 Å². The van der Waals surface area contributed by atoms with Crippen LogP contribution in [0.5, 0.6) is 5.75 Å². The first-order valence-corrected chi connectivity index (χ1v) is 13.6. The Morgan fingerprint density at radius 1 is 0.818 bits per heavy atom. The summed E-state index contributed by atoms with van der Waals surface area (Å²) in [4.78, 5) is 0. The summed E-state index contributed by atoms with van der Waals surface area (Å²) in [6.07, 6.45) is 23.3. The molecular formula is C29H48NO3+. The summed E-state index contributed by atoms with van der Waals surface area (Å²) in [5.41, 5.74) is 1.12. The van der Waals surface area contributed by atoms with Crippen molar-refractivity contribution in [3.05, 3.63) is 35.9 Å². The molecule has 0 saturated heterocycles. The molecule has 0 unspecified atom stereocenters. The van der Waals surface area contributed by atoms with Gasteiger partial charge in [-0.3, -0.25) is 0 Å². The third-order valence-electron chi connectivity index (χ3n) is 6.36. The Kier molecular flexibility index (Phi) is 15.5.